The fourth-order valence-electron chi connectivity index (χ4n) is 1.77. The van der Waals surface area contributed by atoms with Gasteiger partial charge in [0.05, 0.1) is 5.41 Å². The molecule has 0 aliphatic rings. The lowest BCUT2D eigenvalue weighted by atomic mass is 9.78. The topological polar surface area (TPSA) is 0 Å². The number of halogens is 5. The number of hydrogen-bond acceptors (Lipinski definition) is 0. The Hall–Kier alpha value is -0.320. The highest BCUT2D eigenvalue weighted by Crippen LogP contribution is 2.52. The molecule has 112 valence electrons. The van der Waals surface area contributed by atoms with Gasteiger partial charge >= 0.3 is 4.83 Å². The SMILES string of the molecule is CCC(C)(C(/C(F)=C\CC(C)C)=C(/C)F)C(F)(F)Br. The summed E-state index contributed by atoms with van der Waals surface area (Å²) in [6, 6.07) is 0. The fourth-order valence-corrected chi connectivity index (χ4v) is 2.25. The molecule has 0 aromatic rings. The van der Waals surface area contributed by atoms with Crippen molar-refractivity contribution in [3.8, 4) is 0 Å². The second kappa shape index (κ2) is 6.91. The van der Waals surface area contributed by atoms with Crippen LogP contribution >= 0.6 is 15.9 Å². The first kappa shape index (κ1) is 18.7. The van der Waals surface area contributed by atoms with Crippen molar-refractivity contribution in [3.63, 3.8) is 0 Å². The second-order valence-electron chi connectivity index (χ2n) is 5.27. The van der Waals surface area contributed by atoms with Gasteiger partial charge in [-0.3, -0.25) is 0 Å². The summed E-state index contributed by atoms with van der Waals surface area (Å²) in [5.41, 5.74) is -2.49. The Balaban J connectivity index is 5.72. The van der Waals surface area contributed by atoms with Gasteiger partial charge in [-0.1, -0.05) is 20.8 Å². The molecule has 0 amide bonds. The molecule has 0 N–H and O–H groups in total. The highest BCUT2D eigenvalue weighted by atomic mass is 79.9. The Morgan fingerprint density at radius 3 is 2.00 bits per heavy atom. The molecule has 1 atom stereocenters. The maximum atomic E-state index is 14.1. The lowest BCUT2D eigenvalue weighted by molar-refractivity contribution is -0.00207. The molecule has 0 saturated carbocycles. The van der Waals surface area contributed by atoms with Gasteiger partial charge in [-0.2, -0.15) is 8.78 Å². The number of allylic oxidation sites excluding steroid dienone is 4. The monoisotopic (exact) mass is 344 g/mol. The van der Waals surface area contributed by atoms with Crippen LogP contribution in [0, 0.1) is 11.3 Å². The third-order valence-corrected chi connectivity index (χ3v) is 4.11. The fraction of sp³-hybridized carbons (Fsp3) is 0.714. The van der Waals surface area contributed by atoms with Crippen molar-refractivity contribution >= 4 is 15.9 Å². The Morgan fingerprint density at radius 2 is 1.74 bits per heavy atom. The number of alkyl halides is 3. The molecule has 0 aliphatic carbocycles. The average molecular weight is 345 g/mol. The molecule has 5 heteroatoms. The van der Waals surface area contributed by atoms with Crippen LogP contribution in [0.3, 0.4) is 0 Å². The van der Waals surface area contributed by atoms with Crippen LogP contribution in [0.1, 0.15) is 47.5 Å². The van der Waals surface area contributed by atoms with Crippen molar-refractivity contribution in [2.24, 2.45) is 11.3 Å². The lowest BCUT2D eigenvalue weighted by Crippen LogP contribution is -2.36. The predicted molar refractivity (Wildman–Crippen MR) is 74.7 cm³/mol. The molecule has 0 aromatic heterocycles. The maximum Gasteiger partial charge on any atom is 0.310 e. The Bertz CT molecular complexity index is 362. The van der Waals surface area contributed by atoms with Gasteiger partial charge in [0.15, 0.2) is 0 Å². The summed E-state index contributed by atoms with van der Waals surface area (Å²) < 4.78 is 55.0. The summed E-state index contributed by atoms with van der Waals surface area (Å²) in [5.74, 6) is -1.65. The highest BCUT2D eigenvalue weighted by molar-refractivity contribution is 9.10. The minimum Gasteiger partial charge on any atom is -0.212 e. The van der Waals surface area contributed by atoms with Crippen molar-refractivity contribution in [3.05, 3.63) is 23.3 Å². The van der Waals surface area contributed by atoms with E-state index < -0.39 is 27.5 Å². The maximum absolute atomic E-state index is 14.1. The smallest absolute Gasteiger partial charge is 0.212 e. The summed E-state index contributed by atoms with van der Waals surface area (Å²) in [4.78, 5) is -3.39. The third kappa shape index (κ3) is 4.62. The van der Waals surface area contributed by atoms with Gasteiger partial charge in [0, 0.05) is 5.57 Å². The molecular weight excluding hydrogens is 324 g/mol. The highest BCUT2D eigenvalue weighted by Gasteiger charge is 2.51. The summed E-state index contributed by atoms with van der Waals surface area (Å²) in [6.45, 7) is 7.38. The zero-order chi connectivity index (χ0) is 15.4. The minimum absolute atomic E-state index is 0.0925. The first-order valence-corrected chi connectivity index (χ1v) is 7.06. The first-order chi connectivity index (χ1) is 8.47. The zero-order valence-corrected chi connectivity index (χ0v) is 13.5. The van der Waals surface area contributed by atoms with E-state index in [0.29, 0.717) is 6.42 Å². The van der Waals surface area contributed by atoms with Gasteiger partial charge < -0.3 is 0 Å². The van der Waals surface area contributed by atoms with E-state index in [9.17, 15) is 17.6 Å². The molecule has 0 fully saturated rings. The molecule has 0 saturated heterocycles. The van der Waals surface area contributed by atoms with Crippen molar-refractivity contribution in [1.29, 1.82) is 0 Å². The van der Waals surface area contributed by atoms with Crippen LogP contribution in [-0.4, -0.2) is 4.83 Å². The van der Waals surface area contributed by atoms with Crippen LogP contribution in [0.5, 0.6) is 0 Å². The molecule has 19 heavy (non-hydrogen) atoms. The Morgan fingerprint density at radius 1 is 1.26 bits per heavy atom. The quantitative estimate of drug-likeness (QED) is 0.291. The molecule has 0 bridgehead atoms. The molecule has 0 aliphatic heterocycles. The summed E-state index contributed by atoms with van der Waals surface area (Å²) >= 11 is 2.25. The van der Waals surface area contributed by atoms with E-state index in [4.69, 9.17) is 0 Å². The average Bonchev–Trinajstić information content (AvgIpc) is 2.24. The third-order valence-electron chi connectivity index (χ3n) is 3.24. The normalized spacial score (nSPS) is 18.4. The molecule has 0 aromatic carbocycles. The molecule has 1 unspecified atom stereocenters. The summed E-state index contributed by atoms with van der Waals surface area (Å²) in [5, 5.41) is 0. The predicted octanol–water partition coefficient (Wildman–Crippen LogP) is 6.53. The van der Waals surface area contributed by atoms with Crippen LogP contribution in [-0.2, 0) is 0 Å². The van der Waals surface area contributed by atoms with E-state index >= 15 is 0 Å². The van der Waals surface area contributed by atoms with Gasteiger partial charge in [-0.05, 0) is 54.6 Å². The molecule has 0 nitrogen and oxygen atoms in total. The molecular formula is C14H21BrF4. The van der Waals surface area contributed by atoms with Crippen LogP contribution in [0.4, 0.5) is 17.6 Å². The summed E-state index contributed by atoms with van der Waals surface area (Å²) in [7, 11) is 0. The van der Waals surface area contributed by atoms with Crippen LogP contribution < -0.4 is 0 Å². The van der Waals surface area contributed by atoms with Crippen molar-refractivity contribution in [2.45, 2.75) is 52.3 Å². The summed E-state index contributed by atoms with van der Waals surface area (Å²) in [6.07, 6.45) is 1.46. The lowest BCUT2D eigenvalue weighted by Gasteiger charge is -2.35. The van der Waals surface area contributed by atoms with E-state index in [1.165, 1.54) is 13.0 Å². The van der Waals surface area contributed by atoms with E-state index in [1.54, 1.807) is 0 Å². The molecule has 0 heterocycles. The zero-order valence-electron chi connectivity index (χ0n) is 12.0. The van der Waals surface area contributed by atoms with Crippen LogP contribution in [0.25, 0.3) is 0 Å². The number of rotatable bonds is 6. The van der Waals surface area contributed by atoms with Gasteiger partial charge in [-0.25, -0.2) is 8.78 Å². The van der Waals surface area contributed by atoms with Crippen molar-refractivity contribution < 1.29 is 17.6 Å². The molecule has 0 rings (SSSR count). The van der Waals surface area contributed by atoms with Gasteiger partial charge in [0.2, 0.25) is 0 Å². The minimum atomic E-state index is -3.39. The molecule has 0 radical (unpaired) electrons. The largest absolute Gasteiger partial charge is 0.310 e. The van der Waals surface area contributed by atoms with Gasteiger partial charge in [0.25, 0.3) is 0 Å². The first-order valence-electron chi connectivity index (χ1n) is 6.27. The van der Waals surface area contributed by atoms with E-state index in [2.05, 4.69) is 15.9 Å². The van der Waals surface area contributed by atoms with E-state index in [1.807, 2.05) is 13.8 Å². The van der Waals surface area contributed by atoms with Gasteiger partial charge in [0.1, 0.15) is 11.7 Å². The van der Waals surface area contributed by atoms with Crippen LogP contribution in [0.2, 0.25) is 0 Å². The standard InChI is InChI=1S/C14H21BrF4/c1-6-13(5,14(15,18)19)12(10(4)16)11(17)8-7-9(2)3/h8-9H,6-7H2,1-5H3/b11-8+,12-10-. The van der Waals surface area contributed by atoms with E-state index in [-0.39, 0.29) is 12.3 Å². The Labute approximate surface area is 121 Å². The van der Waals surface area contributed by atoms with Crippen molar-refractivity contribution in [2.75, 3.05) is 0 Å². The van der Waals surface area contributed by atoms with Crippen molar-refractivity contribution in [1.82, 2.24) is 0 Å². The van der Waals surface area contributed by atoms with Crippen LogP contribution in [0.15, 0.2) is 23.3 Å². The van der Waals surface area contributed by atoms with E-state index in [0.717, 1.165) is 13.8 Å². The number of hydrogen-bond donors (Lipinski definition) is 0. The van der Waals surface area contributed by atoms with Gasteiger partial charge in [-0.15, -0.1) is 0 Å². The second-order valence-corrected chi connectivity index (χ2v) is 6.27. The Kier molecular flexibility index (Phi) is 6.79. The molecule has 0 spiro atoms.